The summed E-state index contributed by atoms with van der Waals surface area (Å²) in [5, 5.41) is 20.8. The van der Waals surface area contributed by atoms with Gasteiger partial charge in [0.25, 0.3) is 5.91 Å². The van der Waals surface area contributed by atoms with Gasteiger partial charge < -0.3 is 20.3 Å². The van der Waals surface area contributed by atoms with E-state index in [-0.39, 0.29) is 18.6 Å². The number of ether oxygens (including phenoxy) is 1. The summed E-state index contributed by atoms with van der Waals surface area (Å²) in [6.45, 7) is -0.349. The first-order chi connectivity index (χ1) is 10.5. The first-order valence-electron chi connectivity index (χ1n) is 7.04. The summed E-state index contributed by atoms with van der Waals surface area (Å²) in [4.78, 5) is 22.8. The molecule has 120 valence electrons. The topological polar surface area (TPSA) is 95.9 Å². The third kappa shape index (κ3) is 4.02. The van der Waals surface area contributed by atoms with Gasteiger partial charge in [-0.25, -0.2) is 4.39 Å². The molecule has 6 nitrogen and oxygen atoms in total. The number of hydrogen-bond donors (Lipinski definition) is 3. The molecule has 7 heteroatoms. The number of hydrogen-bond acceptors (Lipinski definition) is 4. The van der Waals surface area contributed by atoms with E-state index in [0.717, 1.165) is 0 Å². The highest BCUT2D eigenvalue weighted by atomic mass is 19.1. The van der Waals surface area contributed by atoms with E-state index < -0.39 is 35.9 Å². The fourth-order valence-electron chi connectivity index (χ4n) is 2.53. The van der Waals surface area contributed by atoms with Crippen molar-refractivity contribution in [3.8, 4) is 0 Å². The van der Waals surface area contributed by atoms with Crippen molar-refractivity contribution in [2.75, 3.05) is 6.61 Å². The van der Waals surface area contributed by atoms with Crippen LogP contribution in [-0.4, -0.2) is 46.9 Å². The smallest absolute Gasteiger partial charge is 0.305 e. The Morgan fingerprint density at radius 1 is 1.32 bits per heavy atom. The Bertz CT molecular complexity index is 550. The van der Waals surface area contributed by atoms with Crippen LogP contribution < -0.4 is 5.32 Å². The van der Waals surface area contributed by atoms with Crippen molar-refractivity contribution in [1.82, 2.24) is 5.32 Å². The van der Waals surface area contributed by atoms with Crippen LogP contribution in [0.3, 0.4) is 0 Å². The van der Waals surface area contributed by atoms with Gasteiger partial charge in [-0.05, 0) is 25.0 Å². The minimum Gasteiger partial charge on any atom is -0.481 e. The van der Waals surface area contributed by atoms with Crippen LogP contribution in [0.4, 0.5) is 4.39 Å². The molecule has 2 rings (SSSR count). The van der Waals surface area contributed by atoms with Crippen molar-refractivity contribution in [1.29, 1.82) is 0 Å². The number of rotatable bonds is 5. The molecule has 1 saturated heterocycles. The lowest BCUT2D eigenvalue weighted by molar-refractivity contribution is -0.145. The van der Waals surface area contributed by atoms with E-state index in [1.54, 1.807) is 6.07 Å². The van der Waals surface area contributed by atoms with Gasteiger partial charge in [-0.3, -0.25) is 9.59 Å². The van der Waals surface area contributed by atoms with Gasteiger partial charge in [-0.2, -0.15) is 0 Å². The van der Waals surface area contributed by atoms with Crippen LogP contribution >= 0.6 is 0 Å². The highest BCUT2D eigenvalue weighted by molar-refractivity contribution is 5.94. The van der Waals surface area contributed by atoms with Crippen molar-refractivity contribution in [2.24, 2.45) is 0 Å². The second-order valence-electron chi connectivity index (χ2n) is 5.21. The molecule has 1 heterocycles. The summed E-state index contributed by atoms with van der Waals surface area (Å²) in [6, 6.07) is 5.13. The molecular weight excluding hydrogens is 293 g/mol. The van der Waals surface area contributed by atoms with Gasteiger partial charge in [0, 0.05) is 0 Å². The zero-order valence-electron chi connectivity index (χ0n) is 11.9. The Labute approximate surface area is 126 Å². The second-order valence-corrected chi connectivity index (χ2v) is 5.21. The van der Waals surface area contributed by atoms with Gasteiger partial charge in [-0.15, -0.1) is 0 Å². The Hall–Kier alpha value is -1.99. The molecule has 3 atom stereocenters. The Morgan fingerprint density at radius 3 is 2.68 bits per heavy atom. The predicted octanol–water partition coefficient (Wildman–Crippen LogP) is 0.939. The zero-order chi connectivity index (χ0) is 16.1. The molecule has 1 fully saturated rings. The number of halogens is 1. The number of aliphatic hydroxyl groups excluding tert-OH is 1. The van der Waals surface area contributed by atoms with Gasteiger partial charge in [-0.1, -0.05) is 12.1 Å². The van der Waals surface area contributed by atoms with Crippen LogP contribution in [-0.2, 0) is 9.53 Å². The van der Waals surface area contributed by atoms with E-state index in [2.05, 4.69) is 5.32 Å². The van der Waals surface area contributed by atoms with Gasteiger partial charge >= 0.3 is 5.97 Å². The Balaban J connectivity index is 1.99. The van der Waals surface area contributed by atoms with E-state index >= 15 is 0 Å². The standard InChI is InChI=1S/C15H18FNO5/c16-11-4-2-1-3-10(11)15(21)17-12-6-5-9(7-14(19)20)22-13(12)8-18/h1-4,9,12-13,18H,5-8H2,(H,17,21)(H,19,20)/t9-,12-,13-/m1/s1. The molecule has 0 bridgehead atoms. The molecule has 22 heavy (non-hydrogen) atoms. The molecule has 3 N–H and O–H groups in total. The highest BCUT2D eigenvalue weighted by Crippen LogP contribution is 2.22. The van der Waals surface area contributed by atoms with Gasteiger partial charge in [0.05, 0.1) is 30.7 Å². The van der Waals surface area contributed by atoms with E-state index in [1.165, 1.54) is 18.2 Å². The van der Waals surface area contributed by atoms with Crippen LogP contribution in [0.5, 0.6) is 0 Å². The molecule has 1 aromatic carbocycles. The summed E-state index contributed by atoms with van der Waals surface area (Å²) in [7, 11) is 0. The Kier molecular flexibility index (Phi) is 5.46. The maximum Gasteiger partial charge on any atom is 0.305 e. The molecule has 0 aliphatic carbocycles. The summed E-state index contributed by atoms with van der Waals surface area (Å²) in [5.74, 6) is -2.18. The number of carbonyl (C=O) groups is 2. The lowest BCUT2D eigenvalue weighted by Gasteiger charge is -2.35. The first-order valence-corrected chi connectivity index (χ1v) is 7.04. The van der Waals surface area contributed by atoms with Crippen molar-refractivity contribution >= 4 is 11.9 Å². The van der Waals surface area contributed by atoms with Gasteiger partial charge in [0.15, 0.2) is 0 Å². The molecular formula is C15H18FNO5. The number of aliphatic carboxylic acids is 1. The lowest BCUT2D eigenvalue weighted by atomic mass is 9.96. The van der Waals surface area contributed by atoms with Crippen molar-refractivity contribution in [3.05, 3.63) is 35.6 Å². The van der Waals surface area contributed by atoms with Crippen LogP contribution in [0.2, 0.25) is 0 Å². The minimum atomic E-state index is -0.976. The number of amides is 1. The van der Waals surface area contributed by atoms with Crippen LogP contribution in [0.1, 0.15) is 29.6 Å². The van der Waals surface area contributed by atoms with Crippen molar-refractivity contribution < 1.29 is 28.9 Å². The molecule has 0 aromatic heterocycles. The predicted molar refractivity (Wildman–Crippen MR) is 74.9 cm³/mol. The van der Waals surface area contributed by atoms with E-state index in [9.17, 15) is 19.1 Å². The Morgan fingerprint density at radius 2 is 2.05 bits per heavy atom. The average Bonchev–Trinajstić information content (AvgIpc) is 2.48. The van der Waals surface area contributed by atoms with E-state index in [4.69, 9.17) is 9.84 Å². The van der Waals surface area contributed by atoms with Crippen molar-refractivity contribution in [2.45, 2.75) is 37.5 Å². The SMILES string of the molecule is O=C(O)C[C@H]1CC[C@@H](NC(=O)c2ccccc2F)[C@@H](CO)O1. The number of aliphatic hydroxyl groups is 1. The molecule has 0 radical (unpaired) electrons. The second kappa shape index (κ2) is 7.33. The number of carboxylic acid groups (broad SMARTS) is 1. The molecule has 0 spiro atoms. The quantitative estimate of drug-likeness (QED) is 0.752. The molecule has 0 unspecified atom stereocenters. The van der Waals surface area contributed by atoms with Gasteiger partial charge in [0.2, 0.25) is 0 Å². The number of nitrogens with one attached hydrogen (secondary N) is 1. The van der Waals surface area contributed by atoms with E-state index in [0.29, 0.717) is 12.8 Å². The fourth-order valence-corrected chi connectivity index (χ4v) is 2.53. The maximum atomic E-state index is 13.6. The third-order valence-corrected chi connectivity index (χ3v) is 3.63. The van der Waals surface area contributed by atoms with Gasteiger partial charge in [0.1, 0.15) is 11.9 Å². The number of benzene rings is 1. The van der Waals surface area contributed by atoms with Crippen molar-refractivity contribution in [3.63, 3.8) is 0 Å². The number of carboxylic acids is 1. The molecule has 1 aromatic rings. The van der Waals surface area contributed by atoms with Crippen LogP contribution in [0.25, 0.3) is 0 Å². The van der Waals surface area contributed by atoms with E-state index in [1.807, 2.05) is 0 Å². The maximum absolute atomic E-state index is 13.6. The highest BCUT2D eigenvalue weighted by Gasteiger charge is 2.33. The normalized spacial score (nSPS) is 24.7. The molecule has 1 aliphatic rings. The molecule has 1 aliphatic heterocycles. The van der Waals surface area contributed by atoms with Crippen LogP contribution in [0.15, 0.2) is 24.3 Å². The molecule has 0 saturated carbocycles. The first kappa shape index (κ1) is 16.4. The zero-order valence-corrected chi connectivity index (χ0v) is 11.9. The fraction of sp³-hybridized carbons (Fsp3) is 0.467. The van der Waals surface area contributed by atoms with Crippen LogP contribution in [0, 0.1) is 5.82 Å². The lowest BCUT2D eigenvalue weighted by Crippen LogP contribution is -2.51. The largest absolute Gasteiger partial charge is 0.481 e. The summed E-state index contributed by atoms with van der Waals surface area (Å²) in [6.07, 6.45) is -0.427. The summed E-state index contributed by atoms with van der Waals surface area (Å²) < 4.78 is 19.1. The monoisotopic (exact) mass is 311 g/mol. The molecule has 1 amide bonds. The minimum absolute atomic E-state index is 0.0770. The third-order valence-electron chi connectivity index (χ3n) is 3.63. The summed E-state index contributed by atoms with van der Waals surface area (Å²) >= 11 is 0. The average molecular weight is 311 g/mol. The number of carbonyl (C=O) groups excluding carboxylic acids is 1. The summed E-state index contributed by atoms with van der Waals surface area (Å²) in [5.41, 5.74) is -0.0770.